The SMILES string of the molecule is C=C(CC)C(N)=O.C=CC(=O)NCC. The number of nitrogens with two attached hydrogens (primary N) is 1. The molecule has 0 aromatic carbocycles. The van der Waals surface area contributed by atoms with Gasteiger partial charge in [-0.1, -0.05) is 20.1 Å². The fourth-order valence-electron chi connectivity index (χ4n) is 0.421. The van der Waals surface area contributed by atoms with Gasteiger partial charge < -0.3 is 11.1 Å². The Morgan fingerprint density at radius 2 is 1.93 bits per heavy atom. The molecule has 0 saturated heterocycles. The molecule has 0 aliphatic carbocycles. The van der Waals surface area contributed by atoms with Crippen molar-refractivity contribution in [3.05, 3.63) is 24.8 Å². The zero-order valence-corrected chi connectivity index (χ0v) is 8.80. The molecule has 3 N–H and O–H groups in total. The molecule has 2 amide bonds. The molecule has 14 heavy (non-hydrogen) atoms. The Morgan fingerprint density at radius 1 is 1.43 bits per heavy atom. The third kappa shape index (κ3) is 10.4. The first-order chi connectivity index (χ1) is 6.49. The van der Waals surface area contributed by atoms with Crippen LogP contribution >= 0.6 is 0 Å². The summed E-state index contributed by atoms with van der Waals surface area (Å²) >= 11 is 0. The Labute approximate surface area is 84.9 Å². The highest BCUT2D eigenvalue weighted by Gasteiger charge is 1.93. The van der Waals surface area contributed by atoms with E-state index in [2.05, 4.69) is 18.5 Å². The topological polar surface area (TPSA) is 72.2 Å². The fraction of sp³-hybridized carbons (Fsp3) is 0.400. The van der Waals surface area contributed by atoms with Crippen molar-refractivity contribution < 1.29 is 9.59 Å². The van der Waals surface area contributed by atoms with Crippen LogP contribution in [0.1, 0.15) is 20.3 Å². The van der Waals surface area contributed by atoms with E-state index in [9.17, 15) is 9.59 Å². The van der Waals surface area contributed by atoms with E-state index in [0.29, 0.717) is 18.5 Å². The molecule has 0 aromatic heterocycles. The second-order valence-electron chi connectivity index (χ2n) is 2.42. The molecular weight excluding hydrogens is 180 g/mol. The lowest BCUT2D eigenvalue weighted by molar-refractivity contribution is -0.116. The number of hydrogen-bond donors (Lipinski definition) is 2. The second-order valence-corrected chi connectivity index (χ2v) is 2.42. The molecule has 4 nitrogen and oxygen atoms in total. The van der Waals surface area contributed by atoms with Crippen LogP contribution in [0.25, 0.3) is 0 Å². The normalized spacial score (nSPS) is 7.86. The zero-order chi connectivity index (χ0) is 11.6. The van der Waals surface area contributed by atoms with Gasteiger partial charge in [0.05, 0.1) is 0 Å². The van der Waals surface area contributed by atoms with Crippen LogP contribution in [0, 0.1) is 0 Å². The van der Waals surface area contributed by atoms with E-state index in [1.807, 2.05) is 13.8 Å². The Bertz CT molecular complexity index is 220. The number of carbonyl (C=O) groups excluding carboxylic acids is 2. The van der Waals surface area contributed by atoms with Crippen LogP contribution in [0.15, 0.2) is 24.8 Å². The minimum Gasteiger partial charge on any atom is -0.366 e. The molecule has 0 unspecified atom stereocenters. The van der Waals surface area contributed by atoms with Crippen molar-refractivity contribution in [3.8, 4) is 0 Å². The van der Waals surface area contributed by atoms with Crippen LogP contribution in [-0.4, -0.2) is 18.4 Å². The molecule has 0 fully saturated rings. The first-order valence-corrected chi connectivity index (χ1v) is 4.37. The van der Waals surface area contributed by atoms with Crippen LogP contribution in [0.4, 0.5) is 0 Å². The molecule has 0 bridgehead atoms. The predicted octanol–water partition coefficient (Wildman–Crippen LogP) is 0.746. The average molecular weight is 198 g/mol. The van der Waals surface area contributed by atoms with E-state index in [0.717, 1.165) is 0 Å². The van der Waals surface area contributed by atoms with Crippen molar-refractivity contribution >= 4 is 11.8 Å². The van der Waals surface area contributed by atoms with Crippen molar-refractivity contribution in [1.82, 2.24) is 5.32 Å². The highest BCUT2D eigenvalue weighted by atomic mass is 16.1. The third-order valence-electron chi connectivity index (χ3n) is 1.31. The smallest absolute Gasteiger partial charge is 0.244 e. The average Bonchev–Trinajstić information content (AvgIpc) is 2.17. The Hall–Kier alpha value is -1.58. The molecule has 0 heterocycles. The molecule has 4 heteroatoms. The van der Waals surface area contributed by atoms with Gasteiger partial charge in [0.15, 0.2) is 0 Å². The van der Waals surface area contributed by atoms with E-state index in [-0.39, 0.29) is 5.91 Å². The lowest BCUT2D eigenvalue weighted by Crippen LogP contribution is -2.19. The first kappa shape index (κ1) is 14.9. The first-order valence-electron chi connectivity index (χ1n) is 4.37. The molecule has 0 radical (unpaired) electrons. The molecule has 0 aliphatic heterocycles. The number of carbonyl (C=O) groups is 2. The largest absolute Gasteiger partial charge is 0.366 e. The Morgan fingerprint density at radius 3 is 2.00 bits per heavy atom. The second kappa shape index (κ2) is 9.51. The number of hydrogen-bond acceptors (Lipinski definition) is 2. The maximum Gasteiger partial charge on any atom is 0.244 e. The summed E-state index contributed by atoms with van der Waals surface area (Å²) in [6, 6.07) is 0. The molecule has 0 atom stereocenters. The van der Waals surface area contributed by atoms with Crippen LogP contribution < -0.4 is 11.1 Å². The maximum absolute atomic E-state index is 10.2. The van der Waals surface area contributed by atoms with Gasteiger partial charge >= 0.3 is 0 Å². The third-order valence-corrected chi connectivity index (χ3v) is 1.31. The zero-order valence-electron chi connectivity index (χ0n) is 8.80. The fourth-order valence-corrected chi connectivity index (χ4v) is 0.421. The van der Waals surface area contributed by atoms with E-state index in [1.165, 1.54) is 6.08 Å². The molecule has 0 saturated carbocycles. The van der Waals surface area contributed by atoms with Crippen molar-refractivity contribution in [2.45, 2.75) is 20.3 Å². The molecule has 0 spiro atoms. The summed E-state index contributed by atoms with van der Waals surface area (Å²) in [6.45, 7) is 11.0. The van der Waals surface area contributed by atoms with E-state index < -0.39 is 5.91 Å². The van der Waals surface area contributed by atoms with Crippen molar-refractivity contribution in [2.24, 2.45) is 5.73 Å². The monoisotopic (exact) mass is 198 g/mol. The van der Waals surface area contributed by atoms with Crippen LogP contribution in [0.3, 0.4) is 0 Å². The van der Waals surface area contributed by atoms with Gasteiger partial charge in [-0.3, -0.25) is 9.59 Å². The lowest BCUT2D eigenvalue weighted by Gasteiger charge is -1.90. The summed E-state index contributed by atoms with van der Waals surface area (Å²) in [7, 11) is 0. The quantitative estimate of drug-likeness (QED) is 0.654. The van der Waals surface area contributed by atoms with E-state index >= 15 is 0 Å². The van der Waals surface area contributed by atoms with Gasteiger partial charge in [-0.15, -0.1) is 0 Å². The van der Waals surface area contributed by atoms with Crippen molar-refractivity contribution in [3.63, 3.8) is 0 Å². The number of likely N-dealkylation sites (N-methyl/N-ethyl adjacent to an activating group) is 1. The summed E-state index contributed by atoms with van der Waals surface area (Å²) in [5.74, 6) is -0.509. The van der Waals surface area contributed by atoms with Gasteiger partial charge in [0.1, 0.15) is 0 Å². The number of nitrogens with one attached hydrogen (secondary N) is 1. The van der Waals surface area contributed by atoms with Gasteiger partial charge in [0.25, 0.3) is 0 Å². The lowest BCUT2D eigenvalue weighted by atomic mass is 10.2. The standard InChI is InChI=1S/2C5H9NO/c1-3-5(7)6-4-2;1-3-4(2)5(6)7/h3H,1,4H2,2H3,(H,6,7);2-3H2,1H3,(H2,6,7). The van der Waals surface area contributed by atoms with Crippen LogP contribution in [0.5, 0.6) is 0 Å². The Kier molecular flexibility index (Phi) is 10.1. The van der Waals surface area contributed by atoms with Crippen molar-refractivity contribution in [1.29, 1.82) is 0 Å². The van der Waals surface area contributed by atoms with Crippen LogP contribution in [0.2, 0.25) is 0 Å². The summed E-state index contributed by atoms with van der Waals surface area (Å²) < 4.78 is 0. The van der Waals surface area contributed by atoms with Crippen LogP contribution in [-0.2, 0) is 9.59 Å². The van der Waals surface area contributed by atoms with Gasteiger partial charge in [-0.2, -0.15) is 0 Å². The molecular formula is C10H18N2O2. The summed E-state index contributed by atoms with van der Waals surface area (Å²) in [5, 5.41) is 2.54. The molecule has 0 aromatic rings. The van der Waals surface area contributed by atoms with Gasteiger partial charge in [-0.05, 0) is 19.4 Å². The maximum atomic E-state index is 10.2. The highest BCUT2D eigenvalue weighted by molar-refractivity contribution is 5.91. The Balaban J connectivity index is 0. The van der Waals surface area contributed by atoms with Gasteiger partial charge in [0.2, 0.25) is 11.8 Å². The van der Waals surface area contributed by atoms with Gasteiger partial charge in [0, 0.05) is 12.1 Å². The molecule has 0 rings (SSSR count). The number of rotatable bonds is 4. The van der Waals surface area contributed by atoms with Gasteiger partial charge in [-0.25, -0.2) is 0 Å². The minimum atomic E-state index is -0.400. The summed E-state index contributed by atoms with van der Waals surface area (Å²) in [6.07, 6.45) is 1.90. The summed E-state index contributed by atoms with van der Waals surface area (Å²) in [4.78, 5) is 20.2. The molecule has 0 aliphatic rings. The minimum absolute atomic E-state index is 0.109. The molecule has 80 valence electrons. The van der Waals surface area contributed by atoms with E-state index in [1.54, 1.807) is 0 Å². The summed E-state index contributed by atoms with van der Waals surface area (Å²) in [5.41, 5.74) is 5.29. The highest BCUT2D eigenvalue weighted by Crippen LogP contribution is 1.91. The number of primary amides is 1. The number of amides is 2. The van der Waals surface area contributed by atoms with E-state index in [4.69, 9.17) is 5.73 Å². The van der Waals surface area contributed by atoms with Crippen molar-refractivity contribution in [2.75, 3.05) is 6.54 Å². The predicted molar refractivity (Wildman–Crippen MR) is 57.5 cm³/mol.